The van der Waals surface area contributed by atoms with Crippen molar-refractivity contribution in [3.8, 4) is 0 Å². The van der Waals surface area contributed by atoms with Gasteiger partial charge in [0.15, 0.2) is 0 Å². The van der Waals surface area contributed by atoms with Crippen molar-refractivity contribution in [3.63, 3.8) is 0 Å². The predicted octanol–water partition coefficient (Wildman–Crippen LogP) is 3.20. The van der Waals surface area contributed by atoms with Crippen LogP contribution in [0.3, 0.4) is 0 Å². The van der Waals surface area contributed by atoms with E-state index in [4.69, 9.17) is 5.73 Å². The molecular weight excluding hydrogens is 214 g/mol. The maximum atomic E-state index is 10.9. The van der Waals surface area contributed by atoms with Crippen LogP contribution in [0, 0.1) is 0 Å². The summed E-state index contributed by atoms with van der Waals surface area (Å²) in [7, 11) is 0. The molecular formula is C13H11N3O. The summed E-state index contributed by atoms with van der Waals surface area (Å²) in [6.45, 7) is 0. The van der Waals surface area contributed by atoms with Crippen LogP contribution in [-0.4, -0.2) is 5.91 Å². The first-order valence-corrected chi connectivity index (χ1v) is 5.12. The number of carbonyl (C=O) groups is 1. The van der Waals surface area contributed by atoms with Crippen LogP contribution in [0.15, 0.2) is 64.8 Å². The fourth-order valence-electron chi connectivity index (χ4n) is 1.30. The van der Waals surface area contributed by atoms with Crippen molar-refractivity contribution in [2.45, 2.75) is 0 Å². The molecule has 0 aromatic heterocycles. The second-order valence-corrected chi connectivity index (χ2v) is 3.45. The van der Waals surface area contributed by atoms with Gasteiger partial charge in [0, 0.05) is 5.56 Å². The third-order valence-electron chi connectivity index (χ3n) is 2.19. The van der Waals surface area contributed by atoms with E-state index in [0.717, 1.165) is 5.69 Å². The van der Waals surface area contributed by atoms with Crippen LogP contribution in [0.5, 0.6) is 0 Å². The molecule has 0 aliphatic carbocycles. The smallest absolute Gasteiger partial charge is 0.248 e. The summed E-state index contributed by atoms with van der Waals surface area (Å²) in [6, 6.07) is 16.1. The van der Waals surface area contributed by atoms with Gasteiger partial charge >= 0.3 is 0 Å². The van der Waals surface area contributed by atoms with Gasteiger partial charge in [0.1, 0.15) is 0 Å². The molecule has 0 fully saturated rings. The van der Waals surface area contributed by atoms with Gasteiger partial charge < -0.3 is 5.73 Å². The van der Waals surface area contributed by atoms with Crippen molar-refractivity contribution < 1.29 is 4.79 Å². The topological polar surface area (TPSA) is 67.8 Å². The number of amides is 1. The zero-order chi connectivity index (χ0) is 12.1. The highest BCUT2D eigenvalue weighted by Gasteiger charge is 1.98. The van der Waals surface area contributed by atoms with E-state index in [1.807, 2.05) is 30.3 Å². The van der Waals surface area contributed by atoms with Crippen LogP contribution in [-0.2, 0) is 0 Å². The molecule has 2 N–H and O–H groups in total. The average Bonchev–Trinajstić information content (AvgIpc) is 2.38. The number of nitrogens with zero attached hydrogens (tertiary/aromatic N) is 2. The van der Waals surface area contributed by atoms with Crippen LogP contribution in [0.2, 0.25) is 0 Å². The van der Waals surface area contributed by atoms with E-state index in [-0.39, 0.29) is 0 Å². The van der Waals surface area contributed by atoms with E-state index in [9.17, 15) is 4.79 Å². The fourth-order valence-corrected chi connectivity index (χ4v) is 1.30. The number of carbonyl (C=O) groups excluding carboxylic acids is 1. The predicted molar refractivity (Wildman–Crippen MR) is 65.6 cm³/mol. The SMILES string of the molecule is NC(=O)c1ccc(/N=N/c2ccccc2)cc1. The van der Waals surface area contributed by atoms with E-state index in [0.29, 0.717) is 11.3 Å². The molecule has 0 spiro atoms. The molecule has 0 aliphatic rings. The van der Waals surface area contributed by atoms with Crippen LogP contribution in [0.25, 0.3) is 0 Å². The maximum absolute atomic E-state index is 10.9. The van der Waals surface area contributed by atoms with E-state index in [2.05, 4.69) is 10.2 Å². The number of hydrogen-bond acceptors (Lipinski definition) is 3. The molecule has 0 radical (unpaired) electrons. The first-order valence-electron chi connectivity index (χ1n) is 5.12. The van der Waals surface area contributed by atoms with Crippen LogP contribution in [0.1, 0.15) is 10.4 Å². The molecule has 0 saturated heterocycles. The Hall–Kier alpha value is -2.49. The molecule has 0 bridgehead atoms. The van der Waals surface area contributed by atoms with Gasteiger partial charge in [-0.2, -0.15) is 10.2 Å². The van der Waals surface area contributed by atoms with E-state index in [1.165, 1.54) is 0 Å². The van der Waals surface area contributed by atoms with Crippen molar-refractivity contribution >= 4 is 17.3 Å². The Morgan fingerprint density at radius 1 is 0.824 bits per heavy atom. The lowest BCUT2D eigenvalue weighted by Crippen LogP contribution is -2.10. The van der Waals surface area contributed by atoms with Gasteiger partial charge in [-0.05, 0) is 36.4 Å². The number of primary amides is 1. The van der Waals surface area contributed by atoms with Gasteiger partial charge in [0.2, 0.25) is 5.91 Å². The summed E-state index contributed by atoms with van der Waals surface area (Å²) in [5, 5.41) is 8.11. The molecule has 2 aromatic carbocycles. The number of rotatable bonds is 3. The first-order chi connectivity index (χ1) is 8.25. The first kappa shape index (κ1) is 11.0. The third kappa shape index (κ3) is 2.98. The lowest BCUT2D eigenvalue weighted by atomic mass is 10.2. The monoisotopic (exact) mass is 225 g/mol. The summed E-state index contributed by atoms with van der Waals surface area (Å²) < 4.78 is 0. The van der Waals surface area contributed by atoms with Crippen molar-refractivity contribution in [2.75, 3.05) is 0 Å². The Labute approximate surface area is 98.8 Å². The largest absolute Gasteiger partial charge is 0.366 e. The summed E-state index contributed by atoms with van der Waals surface area (Å²) >= 11 is 0. The number of azo groups is 1. The highest BCUT2D eigenvalue weighted by atomic mass is 16.1. The lowest BCUT2D eigenvalue weighted by molar-refractivity contribution is 0.100. The number of hydrogen-bond donors (Lipinski definition) is 1. The standard InChI is InChI=1S/C13H11N3O/c14-13(17)10-6-8-12(9-7-10)16-15-11-4-2-1-3-5-11/h1-9H,(H2,14,17)/b16-15+. The Bertz CT molecular complexity index is 532. The van der Waals surface area contributed by atoms with E-state index in [1.54, 1.807) is 24.3 Å². The number of nitrogens with two attached hydrogens (primary N) is 1. The average molecular weight is 225 g/mol. The maximum Gasteiger partial charge on any atom is 0.248 e. The Morgan fingerprint density at radius 2 is 1.35 bits per heavy atom. The molecule has 0 unspecified atom stereocenters. The van der Waals surface area contributed by atoms with Gasteiger partial charge in [-0.1, -0.05) is 18.2 Å². The zero-order valence-electron chi connectivity index (χ0n) is 9.08. The zero-order valence-corrected chi connectivity index (χ0v) is 9.08. The van der Waals surface area contributed by atoms with E-state index >= 15 is 0 Å². The van der Waals surface area contributed by atoms with Crippen molar-refractivity contribution in [2.24, 2.45) is 16.0 Å². The second-order valence-electron chi connectivity index (χ2n) is 3.45. The van der Waals surface area contributed by atoms with Crippen LogP contribution < -0.4 is 5.73 Å². The summed E-state index contributed by atoms with van der Waals surface area (Å²) in [5.41, 5.74) is 7.06. The van der Waals surface area contributed by atoms with Gasteiger partial charge in [-0.15, -0.1) is 0 Å². The third-order valence-corrected chi connectivity index (χ3v) is 2.19. The summed E-state index contributed by atoms with van der Waals surface area (Å²) in [4.78, 5) is 10.9. The molecule has 17 heavy (non-hydrogen) atoms. The van der Waals surface area contributed by atoms with Gasteiger partial charge in [0.05, 0.1) is 11.4 Å². The molecule has 0 saturated carbocycles. The van der Waals surface area contributed by atoms with Crippen molar-refractivity contribution in [3.05, 3.63) is 60.2 Å². The van der Waals surface area contributed by atoms with Gasteiger partial charge in [-0.3, -0.25) is 4.79 Å². The molecule has 1 amide bonds. The highest BCUT2D eigenvalue weighted by molar-refractivity contribution is 5.92. The normalized spacial score (nSPS) is 10.6. The molecule has 2 rings (SSSR count). The van der Waals surface area contributed by atoms with Crippen LogP contribution >= 0.6 is 0 Å². The fraction of sp³-hybridized carbons (Fsp3) is 0. The minimum Gasteiger partial charge on any atom is -0.366 e. The lowest BCUT2D eigenvalue weighted by Gasteiger charge is -1.95. The highest BCUT2D eigenvalue weighted by Crippen LogP contribution is 2.17. The minimum absolute atomic E-state index is 0.448. The summed E-state index contributed by atoms with van der Waals surface area (Å²) in [5.74, 6) is -0.448. The molecule has 4 heteroatoms. The Balaban J connectivity index is 2.14. The molecule has 0 heterocycles. The summed E-state index contributed by atoms with van der Waals surface area (Å²) in [6.07, 6.45) is 0. The molecule has 0 aliphatic heterocycles. The van der Waals surface area contributed by atoms with Crippen molar-refractivity contribution in [1.82, 2.24) is 0 Å². The molecule has 4 nitrogen and oxygen atoms in total. The Morgan fingerprint density at radius 3 is 1.88 bits per heavy atom. The van der Waals surface area contributed by atoms with Crippen LogP contribution in [0.4, 0.5) is 11.4 Å². The molecule has 84 valence electrons. The van der Waals surface area contributed by atoms with Crippen molar-refractivity contribution in [1.29, 1.82) is 0 Å². The Kier molecular flexibility index (Phi) is 3.25. The van der Waals surface area contributed by atoms with Gasteiger partial charge in [-0.25, -0.2) is 0 Å². The molecule has 0 atom stereocenters. The number of benzene rings is 2. The van der Waals surface area contributed by atoms with E-state index < -0.39 is 5.91 Å². The minimum atomic E-state index is -0.448. The quantitative estimate of drug-likeness (QED) is 0.800. The molecule has 2 aromatic rings. The van der Waals surface area contributed by atoms with Gasteiger partial charge in [0.25, 0.3) is 0 Å². The second kappa shape index (κ2) is 5.03.